The highest BCUT2D eigenvalue weighted by atomic mass is 19.1. The summed E-state index contributed by atoms with van der Waals surface area (Å²) in [5, 5.41) is 9.13. The number of methoxy groups -OCH3 is 1. The zero-order valence-corrected chi connectivity index (χ0v) is 12.8. The van der Waals surface area contributed by atoms with Crippen LogP contribution in [0.15, 0.2) is 24.7 Å². The van der Waals surface area contributed by atoms with E-state index in [2.05, 4.69) is 4.98 Å². The Balaban J connectivity index is 2.33. The van der Waals surface area contributed by atoms with Gasteiger partial charge in [-0.05, 0) is 0 Å². The summed E-state index contributed by atoms with van der Waals surface area (Å²) in [6.45, 7) is -0.321. The Labute approximate surface area is 131 Å². The van der Waals surface area contributed by atoms with Gasteiger partial charge in [0.2, 0.25) is 0 Å². The number of carbonyl (C=O) groups excluding carboxylic acids is 1. The molecule has 0 bridgehead atoms. The van der Waals surface area contributed by atoms with E-state index < -0.39 is 23.1 Å². The van der Waals surface area contributed by atoms with Crippen molar-refractivity contribution < 1.29 is 23.4 Å². The molecule has 1 aromatic carbocycles. The molecule has 1 aromatic heterocycles. The van der Waals surface area contributed by atoms with Crippen molar-refractivity contribution in [2.24, 2.45) is 7.05 Å². The molecule has 1 heterocycles. The van der Waals surface area contributed by atoms with E-state index in [0.29, 0.717) is 5.69 Å². The number of aliphatic hydroxyl groups is 1. The van der Waals surface area contributed by atoms with Gasteiger partial charge >= 0.3 is 0 Å². The second-order valence-electron chi connectivity index (χ2n) is 4.91. The zero-order chi connectivity index (χ0) is 17.0. The number of aryl methyl sites for hydroxylation is 1. The van der Waals surface area contributed by atoms with Crippen LogP contribution in [0.5, 0.6) is 5.75 Å². The van der Waals surface area contributed by atoms with E-state index in [1.165, 1.54) is 7.11 Å². The monoisotopic (exact) mass is 325 g/mol. The number of carbonyl (C=O) groups is 1. The van der Waals surface area contributed by atoms with Crippen LogP contribution in [0.2, 0.25) is 0 Å². The highest BCUT2D eigenvalue weighted by Crippen LogP contribution is 2.22. The summed E-state index contributed by atoms with van der Waals surface area (Å²) in [5.74, 6) is -2.89. The molecule has 0 aliphatic heterocycles. The largest absolute Gasteiger partial charge is 0.497 e. The lowest BCUT2D eigenvalue weighted by atomic mass is 10.1. The molecule has 0 aliphatic carbocycles. The van der Waals surface area contributed by atoms with Gasteiger partial charge in [-0.3, -0.25) is 4.79 Å². The number of benzene rings is 1. The highest BCUT2D eigenvalue weighted by Gasteiger charge is 2.25. The number of aromatic nitrogens is 2. The van der Waals surface area contributed by atoms with E-state index in [4.69, 9.17) is 9.84 Å². The Kier molecular flexibility index (Phi) is 5.28. The second-order valence-corrected chi connectivity index (χ2v) is 4.91. The molecule has 0 radical (unpaired) electrons. The number of aliphatic hydroxyl groups excluding tert-OH is 1. The number of rotatable bonds is 6. The lowest BCUT2D eigenvalue weighted by Gasteiger charge is -2.22. The first-order valence-electron chi connectivity index (χ1n) is 6.86. The summed E-state index contributed by atoms with van der Waals surface area (Å²) >= 11 is 0. The molecule has 0 unspecified atom stereocenters. The smallest absolute Gasteiger partial charge is 0.260 e. The van der Waals surface area contributed by atoms with Gasteiger partial charge in [-0.15, -0.1) is 0 Å². The van der Waals surface area contributed by atoms with Crippen LogP contribution in [0.25, 0.3) is 0 Å². The molecule has 8 heteroatoms. The highest BCUT2D eigenvalue weighted by molar-refractivity contribution is 5.95. The summed E-state index contributed by atoms with van der Waals surface area (Å²) in [4.78, 5) is 17.6. The summed E-state index contributed by atoms with van der Waals surface area (Å²) < 4.78 is 34.6. The van der Waals surface area contributed by atoms with Gasteiger partial charge in [-0.2, -0.15) is 0 Å². The molecule has 0 saturated carbocycles. The van der Waals surface area contributed by atoms with Gasteiger partial charge < -0.3 is 19.3 Å². The minimum absolute atomic E-state index is 0.0168. The molecule has 2 rings (SSSR count). The number of hydrogen-bond donors (Lipinski definition) is 1. The molecular formula is C15H17F2N3O3. The first-order valence-corrected chi connectivity index (χ1v) is 6.86. The molecule has 0 spiro atoms. The number of nitrogens with zero attached hydrogens (tertiary/aromatic N) is 3. The Morgan fingerprint density at radius 3 is 2.52 bits per heavy atom. The maximum atomic E-state index is 14.1. The summed E-state index contributed by atoms with van der Waals surface area (Å²) in [6, 6.07) is 1.88. The Hall–Kier alpha value is -2.48. The van der Waals surface area contributed by atoms with Crippen molar-refractivity contribution in [3.63, 3.8) is 0 Å². The summed E-state index contributed by atoms with van der Waals surface area (Å²) in [6.07, 6.45) is 3.09. The minimum Gasteiger partial charge on any atom is -0.497 e. The number of amides is 1. The van der Waals surface area contributed by atoms with E-state index in [1.54, 1.807) is 24.1 Å². The predicted octanol–water partition coefficient (Wildman–Crippen LogP) is 1.34. The average Bonchev–Trinajstić information content (AvgIpc) is 2.91. The van der Waals surface area contributed by atoms with Crippen molar-refractivity contribution in [3.05, 3.63) is 47.5 Å². The molecule has 0 fully saturated rings. The van der Waals surface area contributed by atoms with Crippen LogP contribution in [0, 0.1) is 11.6 Å². The minimum atomic E-state index is -1.01. The molecule has 0 aliphatic rings. The van der Waals surface area contributed by atoms with Gasteiger partial charge in [-0.25, -0.2) is 13.8 Å². The first kappa shape index (κ1) is 16.9. The van der Waals surface area contributed by atoms with Crippen LogP contribution in [0.1, 0.15) is 16.1 Å². The lowest BCUT2D eigenvalue weighted by Crippen LogP contribution is -2.34. The molecule has 124 valence electrons. The average molecular weight is 325 g/mol. The standard InChI is InChI=1S/C15H17F2N3O3/c1-19-9-18-7-10(19)8-20(3-4-21)15(22)14-12(16)5-11(23-2)6-13(14)17/h5-7,9,21H,3-4,8H2,1-2H3. The van der Waals surface area contributed by atoms with Crippen molar-refractivity contribution in [1.29, 1.82) is 0 Å². The second kappa shape index (κ2) is 7.19. The normalized spacial score (nSPS) is 10.7. The predicted molar refractivity (Wildman–Crippen MR) is 77.9 cm³/mol. The van der Waals surface area contributed by atoms with Crippen molar-refractivity contribution in [2.75, 3.05) is 20.3 Å². The van der Waals surface area contributed by atoms with Gasteiger partial charge in [0.1, 0.15) is 22.9 Å². The molecule has 6 nitrogen and oxygen atoms in total. The Morgan fingerprint density at radius 1 is 1.39 bits per heavy atom. The lowest BCUT2D eigenvalue weighted by molar-refractivity contribution is 0.0694. The van der Waals surface area contributed by atoms with Gasteiger partial charge in [0.05, 0.1) is 32.3 Å². The maximum Gasteiger partial charge on any atom is 0.260 e. The fraction of sp³-hybridized carbons (Fsp3) is 0.333. The van der Waals surface area contributed by atoms with Crippen LogP contribution in [0.3, 0.4) is 0 Å². The van der Waals surface area contributed by atoms with Gasteiger partial charge in [0, 0.05) is 31.9 Å². The van der Waals surface area contributed by atoms with Crippen LogP contribution in [0.4, 0.5) is 8.78 Å². The molecule has 0 atom stereocenters. The molecule has 1 amide bonds. The van der Waals surface area contributed by atoms with E-state index >= 15 is 0 Å². The maximum absolute atomic E-state index is 14.1. The van der Waals surface area contributed by atoms with Crippen molar-refractivity contribution >= 4 is 5.91 Å². The van der Waals surface area contributed by atoms with E-state index in [-0.39, 0.29) is 25.4 Å². The van der Waals surface area contributed by atoms with Crippen LogP contribution < -0.4 is 4.74 Å². The number of ether oxygens (including phenoxy) is 1. The molecule has 0 saturated heterocycles. The van der Waals surface area contributed by atoms with Crippen LogP contribution in [-0.2, 0) is 13.6 Å². The van der Waals surface area contributed by atoms with Gasteiger partial charge in [0.15, 0.2) is 0 Å². The van der Waals surface area contributed by atoms with Crippen LogP contribution >= 0.6 is 0 Å². The van der Waals surface area contributed by atoms with Gasteiger partial charge in [-0.1, -0.05) is 0 Å². The number of hydrogen-bond acceptors (Lipinski definition) is 4. The topological polar surface area (TPSA) is 67.6 Å². The number of halogens is 2. The Morgan fingerprint density at radius 2 is 2.04 bits per heavy atom. The zero-order valence-electron chi connectivity index (χ0n) is 12.8. The van der Waals surface area contributed by atoms with E-state index in [9.17, 15) is 13.6 Å². The third kappa shape index (κ3) is 3.65. The molecular weight excluding hydrogens is 308 g/mol. The van der Waals surface area contributed by atoms with Crippen LogP contribution in [-0.4, -0.2) is 45.7 Å². The quantitative estimate of drug-likeness (QED) is 0.870. The summed E-state index contributed by atoms with van der Waals surface area (Å²) in [7, 11) is 3.01. The third-order valence-corrected chi connectivity index (χ3v) is 3.39. The fourth-order valence-electron chi connectivity index (χ4n) is 2.14. The SMILES string of the molecule is COc1cc(F)c(C(=O)N(CCO)Cc2cncn2C)c(F)c1. The van der Waals surface area contributed by atoms with Crippen molar-refractivity contribution in [3.8, 4) is 5.75 Å². The molecule has 1 N–H and O–H groups in total. The third-order valence-electron chi connectivity index (χ3n) is 3.39. The van der Waals surface area contributed by atoms with Crippen molar-refractivity contribution in [1.82, 2.24) is 14.5 Å². The van der Waals surface area contributed by atoms with E-state index in [0.717, 1.165) is 17.0 Å². The summed E-state index contributed by atoms with van der Waals surface area (Å²) in [5.41, 5.74) is -0.0115. The first-order chi connectivity index (χ1) is 11.0. The number of imidazole rings is 1. The van der Waals surface area contributed by atoms with Gasteiger partial charge in [0.25, 0.3) is 5.91 Å². The molecule has 2 aromatic rings. The fourth-order valence-corrected chi connectivity index (χ4v) is 2.14. The Bertz CT molecular complexity index is 680. The molecule has 23 heavy (non-hydrogen) atoms. The van der Waals surface area contributed by atoms with Crippen molar-refractivity contribution in [2.45, 2.75) is 6.54 Å². The van der Waals surface area contributed by atoms with E-state index in [1.807, 2.05) is 0 Å².